The van der Waals surface area contributed by atoms with Crippen molar-refractivity contribution in [3.8, 4) is 0 Å². The van der Waals surface area contributed by atoms with Crippen molar-refractivity contribution < 1.29 is 4.79 Å². The van der Waals surface area contributed by atoms with Gasteiger partial charge in [-0.25, -0.2) is 4.79 Å². The molecule has 0 bridgehead atoms. The zero-order chi connectivity index (χ0) is 22.5. The maximum absolute atomic E-state index is 12.9. The van der Waals surface area contributed by atoms with Gasteiger partial charge in [-0.2, -0.15) is 0 Å². The molecule has 0 unspecified atom stereocenters. The van der Waals surface area contributed by atoms with E-state index in [2.05, 4.69) is 31.0 Å². The van der Waals surface area contributed by atoms with Gasteiger partial charge >= 0.3 is 5.69 Å². The monoisotopic (exact) mass is 415 g/mol. The van der Waals surface area contributed by atoms with Gasteiger partial charge in [0.2, 0.25) is 5.91 Å². The van der Waals surface area contributed by atoms with E-state index in [-0.39, 0.29) is 17.8 Å². The van der Waals surface area contributed by atoms with Gasteiger partial charge in [-0.3, -0.25) is 18.7 Å². The van der Waals surface area contributed by atoms with Crippen LogP contribution in [0.15, 0.2) is 39.9 Å². The maximum atomic E-state index is 12.9. The van der Waals surface area contributed by atoms with Gasteiger partial charge in [0.1, 0.15) is 12.4 Å². The number of para-hydroxylation sites is 1. The summed E-state index contributed by atoms with van der Waals surface area (Å²) in [4.78, 5) is 40.0. The third-order valence-corrected chi connectivity index (χ3v) is 5.16. The topological polar surface area (TPSA) is 102 Å². The minimum absolute atomic E-state index is 0.104. The lowest BCUT2D eigenvalue weighted by Crippen LogP contribution is -2.44. The van der Waals surface area contributed by atoms with E-state index < -0.39 is 17.2 Å². The first-order valence-electron chi connectivity index (χ1n) is 10.3. The van der Waals surface area contributed by atoms with E-state index in [0.29, 0.717) is 18.8 Å². The molecule has 2 rings (SSSR count). The summed E-state index contributed by atoms with van der Waals surface area (Å²) in [5.74, 6) is -0.335. The molecule has 8 heteroatoms. The summed E-state index contributed by atoms with van der Waals surface area (Å²) in [5, 5.41) is 2.84. The van der Waals surface area contributed by atoms with E-state index >= 15 is 0 Å². The molecule has 0 aliphatic carbocycles. The Morgan fingerprint density at radius 2 is 1.73 bits per heavy atom. The number of amides is 1. The molecule has 1 heterocycles. The van der Waals surface area contributed by atoms with Crippen LogP contribution in [0.3, 0.4) is 0 Å². The van der Waals surface area contributed by atoms with Crippen LogP contribution < -0.4 is 22.3 Å². The van der Waals surface area contributed by atoms with Crippen molar-refractivity contribution in [2.75, 3.05) is 30.7 Å². The number of hydrogen-bond acceptors (Lipinski definition) is 5. The second-order valence-corrected chi connectivity index (χ2v) is 8.30. The second-order valence-electron chi connectivity index (χ2n) is 8.30. The SMILES string of the molecule is CCN(CC)CCn1c(N)cc(=O)n(CC(=O)Nc2ccccc2C(C)(C)C)c1=O. The number of rotatable bonds is 8. The van der Waals surface area contributed by atoms with Crippen LogP contribution in [0, 0.1) is 0 Å². The molecule has 30 heavy (non-hydrogen) atoms. The minimum atomic E-state index is -0.587. The third-order valence-electron chi connectivity index (χ3n) is 5.16. The number of nitrogens with two attached hydrogens (primary N) is 1. The first kappa shape index (κ1) is 23.4. The van der Waals surface area contributed by atoms with Crippen molar-refractivity contribution in [2.24, 2.45) is 0 Å². The number of carbonyl (C=O) groups excluding carboxylic acids is 1. The molecule has 0 aliphatic rings. The van der Waals surface area contributed by atoms with E-state index in [4.69, 9.17) is 5.73 Å². The Bertz CT molecular complexity index is 997. The van der Waals surface area contributed by atoms with Crippen molar-refractivity contribution in [3.63, 3.8) is 0 Å². The van der Waals surface area contributed by atoms with Crippen LogP contribution in [0.1, 0.15) is 40.2 Å². The van der Waals surface area contributed by atoms with Gasteiger partial charge in [-0.15, -0.1) is 0 Å². The summed E-state index contributed by atoms with van der Waals surface area (Å²) in [6, 6.07) is 8.70. The van der Waals surface area contributed by atoms with Crippen molar-refractivity contribution >= 4 is 17.4 Å². The van der Waals surface area contributed by atoms with Crippen LogP contribution in [0.5, 0.6) is 0 Å². The number of nitrogens with one attached hydrogen (secondary N) is 1. The summed E-state index contributed by atoms with van der Waals surface area (Å²) in [5.41, 5.74) is 6.22. The van der Waals surface area contributed by atoms with Gasteiger partial charge in [0.05, 0.1) is 0 Å². The van der Waals surface area contributed by atoms with E-state index in [9.17, 15) is 14.4 Å². The Kier molecular flexibility index (Phi) is 7.61. The highest BCUT2D eigenvalue weighted by atomic mass is 16.2. The number of likely N-dealkylation sites (N-methyl/N-ethyl adjacent to an activating group) is 1. The molecule has 0 atom stereocenters. The second kappa shape index (κ2) is 9.75. The van der Waals surface area contributed by atoms with Crippen LogP contribution in [0.2, 0.25) is 0 Å². The molecule has 1 aromatic carbocycles. The lowest BCUT2D eigenvalue weighted by Gasteiger charge is -2.23. The molecule has 0 aliphatic heterocycles. The Morgan fingerprint density at radius 1 is 1.10 bits per heavy atom. The van der Waals surface area contributed by atoms with Gasteiger partial charge in [0, 0.05) is 24.8 Å². The number of benzene rings is 1. The third kappa shape index (κ3) is 5.60. The van der Waals surface area contributed by atoms with Crippen LogP contribution in [0.4, 0.5) is 11.5 Å². The van der Waals surface area contributed by atoms with Crippen molar-refractivity contribution in [1.29, 1.82) is 0 Å². The van der Waals surface area contributed by atoms with E-state index in [1.807, 2.05) is 38.1 Å². The number of hydrogen-bond donors (Lipinski definition) is 2. The molecule has 164 valence electrons. The number of aromatic nitrogens is 2. The molecule has 3 N–H and O–H groups in total. The summed E-state index contributed by atoms with van der Waals surface area (Å²) in [7, 11) is 0. The molecule has 2 aromatic rings. The van der Waals surface area contributed by atoms with E-state index in [1.54, 1.807) is 0 Å². The van der Waals surface area contributed by atoms with Gasteiger partial charge in [-0.1, -0.05) is 52.8 Å². The smallest absolute Gasteiger partial charge is 0.333 e. The quantitative estimate of drug-likeness (QED) is 0.685. The fourth-order valence-corrected chi connectivity index (χ4v) is 3.36. The van der Waals surface area contributed by atoms with Crippen LogP contribution >= 0.6 is 0 Å². The minimum Gasteiger partial charge on any atom is -0.385 e. The first-order valence-corrected chi connectivity index (χ1v) is 10.3. The molecule has 1 amide bonds. The number of carbonyl (C=O) groups is 1. The van der Waals surface area contributed by atoms with E-state index in [0.717, 1.165) is 23.2 Å². The van der Waals surface area contributed by atoms with Crippen LogP contribution in [-0.4, -0.2) is 39.6 Å². The number of nitrogen functional groups attached to an aromatic ring is 1. The fourth-order valence-electron chi connectivity index (χ4n) is 3.36. The predicted molar refractivity (Wildman–Crippen MR) is 121 cm³/mol. The maximum Gasteiger partial charge on any atom is 0.333 e. The predicted octanol–water partition coefficient (Wildman–Crippen LogP) is 1.87. The summed E-state index contributed by atoms with van der Waals surface area (Å²) in [6.07, 6.45) is 0. The molecule has 0 saturated carbocycles. The standard InChI is InChI=1S/C22H33N5O3/c1-6-25(7-2)12-13-26-18(23)14-20(29)27(21(26)30)15-19(28)24-17-11-9-8-10-16(17)22(3,4)5/h8-11,14H,6-7,12-13,15,23H2,1-5H3,(H,24,28). The summed E-state index contributed by atoms with van der Waals surface area (Å²) >= 11 is 0. The Labute approximate surface area is 177 Å². The Morgan fingerprint density at radius 3 is 2.33 bits per heavy atom. The highest BCUT2D eigenvalue weighted by molar-refractivity contribution is 5.91. The molecule has 0 fully saturated rings. The van der Waals surface area contributed by atoms with Crippen molar-refractivity contribution in [1.82, 2.24) is 14.0 Å². The fraction of sp³-hybridized carbons (Fsp3) is 0.500. The molecule has 8 nitrogen and oxygen atoms in total. The van der Waals surface area contributed by atoms with Gasteiger partial charge < -0.3 is 16.0 Å². The zero-order valence-corrected chi connectivity index (χ0v) is 18.6. The molecular formula is C22H33N5O3. The summed E-state index contributed by atoms with van der Waals surface area (Å²) < 4.78 is 2.27. The number of nitrogens with zero attached hydrogens (tertiary/aromatic N) is 3. The average Bonchev–Trinajstić information content (AvgIpc) is 2.67. The van der Waals surface area contributed by atoms with Gasteiger partial charge in [-0.05, 0) is 30.1 Å². The van der Waals surface area contributed by atoms with Gasteiger partial charge in [0.15, 0.2) is 0 Å². The molecule has 0 spiro atoms. The Hall–Kier alpha value is -2.87. The van der Waals surface area contributed by atoms with Crippen LogP contribution in [-0.2, 0) is 23.3 Å². The van der Waals surface area contributed by atoms with Gasteiger partial charge in [0.25, 0.3) is 5.56 Å². The highest BCUT2D eigenvalue weighted by Crippen LogP contribution is 2.29. The highest BCUT2D eigenvalue weighted by Gasteiger charge is 2.19. The number of anilines is 2. The normalized spacial score (nSPS) is 11.7. The lowest BCUT2D eigenvalue weighted by atomic mass is 9.86. The first-order chi connectivity index (χ1) is 14.1. The average molecular weight is 416 g/mol. The molecule has 0 saturated heterocycles. The molecule has 0 radical (unpaired) electrons. The molecular weight excluding hydrogens is 382 g/mol. The van der Waals surface area contributed by atoms with Crippen molar-refractivity contribution in [2.45, 2.75) is 53.1 Å². The zero-order valence-electron chi connectivity index (χ0n) is 18.6. The van der Waals surface area contributed by atoms with Crippen LogP contribution in [0.25, 0.3) is 0 Å². The molecule has 1 aromatic heterocycles. The van der Waals surface area contributed by atoms with E-state index in [1.165, 1.54) is 10.6 Å². The summed E-state index contributed by atoms with van der Waals surface area (Å²) in [6.45, 7) is 12.5. The van der Waals surface area contributed by atoms with Crippen molar-refractivity contribution in [3.05, 3.63) is 56.7 Å². The largest absolute Gasteiger partial charge is 0.385 e. The Balaban J connectivity index is 2.27. The lowest BCUT2D eigenvalue weighted by molar-refractivity contribution is -0.116.